The number of hydrogen-bond acceptors (Lipinski definition) is 2. The summed E-state index contributed by atoms with van der Waals surface area (Å²) in [6.07, 6.45) is 4.04. The molecule has 0 aliphatic rings. The Morgan fingerprint density at radius 1 is 0.680 bits per heavy atom. The predicted molar refractivity (Wildman–Crippen MR) is 105 cm³/mol. The fourth-order valence-corrected chi connectivity index (χ4v) is 3.42. The zero-order valence-electron chi connectivity index (χ0n) is 13.9. The van der Waals surface area contributed by atoms with Crippen LogP contribution in [0.15, 0.2) is 72.8 Å². The first-order valence-electron chi connectivity index (χ1n) is 8.28. The predicted octanol–water partition coefficient (Wildman–Crippen LogP) is 6.10. The van der Waals surface area contributed by atoms with Crippen LogP contribution < -0.4 is 0 Å². The fourth-order valence-electron chi connectivity index (χ4n) is 3.42. The first-order chi connectivity index (χ1) is 12.2. The fraction of sp³-hybridized carbons (Fsp3) is 0.0435. The van der Waals surface area contributed by atoms with Crippen LogP contribution in [0.2, 0.25) is 0 Å². The summed E-state index contributed by atoms with van der Waals surface area (Å²) in [6.45, 7) is 1.99. The third kappa shape index (κ3) is 2.52. The second-order valence-electron chi connectivity index (χ2n) is 6.12. The second-order valence-corrected chi connectivity index (χ2v) is 6.12. The van der Waals surface area contributed by atoms with Gasteiger partial charge in [0.15, 0.2) is 0 Å². The van der Waals surface area contributed by atoms with Crippen molar-refractivity contribution in [3.63, 3.8) is 0 Å². The van der Waals surface area contributed by atoms with Gasteiger partial charge >= 0.3 is 0 Å². The standard InChI is InChI=1S/C23H18O2/c1-2-5-15-8-11-19-17(14-15)10-13-21(25)23(19)22-18-7-4-3-6-16(18)9-12-20(22)24/h2-14,24-25H,1H3/b5-2+. The number of fused-ring (bicyclic) bond motifs is 2. The number of rotatable bonds is 2. The third-order valence-electron chi connectivity index (χ3n) is 4.54. The van der Waals surface area contributed by atoms with E-state index in [0.29, 0.717) is 11.1 Å². The quantitative estimate of drug-likeness (QED) is 0.467. The average molecular weight is 326 g/mol. The van der Waals surface area contributed by atoms with E-state index in [1.54, 1.807) is 12.1 Å². The normalized spacial score (nSPS) is 11.6. The highest BCUT2D eigenvalue weighted by atomic mass is 16.3. The first-order valence-corrected chi connectivity index (χ1v) is 8.28. The minimum Gasteiger partial charge on any atom is -0.507 e. The lowest BCUT2D eigenvalue weighted by Gasteiger charge is -2.14. The molecule has 0 radical (unpaired) electrons. The van der Waals surface area contributed by atoms with E-state index >= 15 is 0 Å². The van der Waals surface area contributed by atoms with Crippen molar-refractivity contribution in [2.24, 2.45) is 0 Å². The lowest BCUT2D eigenvalue weighted by atomic mass is 9.91. The van der Waals surface area contributed by atoms with E-state index < -0.39 is 0 Å². The Labute approximate surface area is 146 Å². The highest BCUT2D eigenvalue weighted by Crippen LogP contribution is 2.44. The molecule has 0 aliphatic carbocycles. The zero-order valence-corrected chi connectivity index (χ0v) is 13.9. The van der Waals surface area contributed by atoms with Gasteiger partial charge in [-0.15, -0.1) is 0 Å². The molecular formula is C23H18O2. The first kappa shape index (κ1) is 15.3. The van der Waals surface area contributed by atoms with Gasteiger partial charge in [-0.1, -0.05) is 60.7 Å². The van der Waals surface area contributed by atoms with Crippen LogP contribution in [0.3, 0.4) is 0 Å². The number of benzene rings is 4. The van der Waals surface area contributed by atoms with Gasteiger partial charge in [0.1, 0.15) is 11.5 Å². The molecule has 0 atom stereocenters. The van der Waals surface area contributed by atoms with E-state index in [-0.39, 0.29) is 11.5 Å². The molecule has 0 fully saturated rings. The third-order valence-corrected chi connectivity index (χ3v) is 4.54. The molecule has 2 nitrogen and oxygen atoms in total. The molecule has 25 heavy (non-hydrogen) atoms. The van der Waals surface area contributed by atoms with Crippen LogP contribution in [0.4, 0.5) is 0 Å². The van der Waals surface area contributed by atoms with Crippen LogP contribution in [0.25, 0.3) is 38.7 Å². The molecule has 0 bridgehead atoms. The molecule has 4 aromatic carbocycles. The van der Waals surface area contributed by atoms with Gasteiger partial charge in [-0.3, -0.25) is 0 Å². The summed E-state index contributed by atoms with van der Waals surface area (Å²) < 4.78 is 0. The van der Waals surface area contributed by atoms with E-state index in [2.05, 4.69) is 6.07 Å². The van der Waals surface area contributed by atoms with Crippen LogP contribution in [0, 0.1) is 0 Å². The lowest BCUT2D eigenvalue weighted by molar-refractivity contribution is 0.470. The van der Waals surface area contributed by atoms with Gasteiger partial charge in [-0.2, -0.15) is 0 Å². The maximum Gasteiger partial charge on any atom is 0.124 e. The Kier molecular flexibility index (Phi) is 3.66. The molecule has 0 aromatic heterocycles. The number of hydrogen-bond donors (Lipinski definition) is 2. The summed E-state index contributed by atoms with van der Waals surface area (Å²) in [7, 11) is 0. The van der Waals surface area contributed by atoms with Crippen LogP contribution in [-0.4, -0.2) is 10.2 Å². The highest BCUT2D eigenvalue weighted by molar-refractivity contribution is 6.09. The maximum absolute atomic E-state index is 10.6. The Hall–Kier alpha value is -3.26. The van der Waals surface area contributed by atoms with Gasteiger partial charge in [0.2, 0.25) is 0 Å². The Bertz CT molecular complexity index is 1120. The number of aromatic hydroxyl groups is 2. The second kappa shape index (κ2) is 5.99. The Morgan fingerprint density at radius 3 is 2.04 bits per heavy atom. The summed E-state index contributed by atoms with van der Waals surface area (Å²) in [6, 6.07) is 21.2. The van der Waals surface area contributed by atoms with Gasteiger partial charge in [-0.25, -0.2) is 0 Å². The van der Waals surface area contributed by atoms with Crippen molar-refractivity contribution in [1.82, 2.24) is 0 Å². The topological polar surface area (TPSA) is 40.5 Å². The summed E-state index contributed by atoms with van der Waals surface area (Å²) >= 11 is 0. The van der Waals surface area contributed by atoms with Crippen molar-refractivity contribution < 1.29 is 10.2 Å². The lowest BCUT2D eigenvalue weighted by Crippen LogP contribution is -1.87. The number of phenolic OH excluding ortho intramolecular Hbond substituents is 2. The molecule has 122 valence electrons. The van der Waals surface area contributed by atoms with Gasteiger partial charge in [-0.05, 0) is 52.2 Å². The molecule has 0 saturated heterocycles. The van der Waals surface area contributed by atoms with Gasteiger partial charge in [0.25, 0.3) is 0 Å². The molecule has 0 unspecified atom stereocenters. The minimum atomic E-state index is 0.165. The molecule has 2 heteroatoms. The molecule has 2 N–H and O–H groups in total. The van der Waals surface area contributed by atoms with E-state index in [1.165, 1.54) is 0 Å². The van der Waals surface area contributed by atoms with Crippen molar-refractivity contribution >= 4 is 27.6 Å². The molecule has 4 aromatic rings. The summed E-state index contributed by atoms with van der Waals surface area (Å²) in [4.78, 5) is 0. The monoisotopic (exact) mass is 326 g/mol. The molecule has 0 spiro atoms. The molecular weight excluding hydrogens is 308 g/mol. The average Bonchev–Trinajstić information content (AvgIpc) is 2.63. The number of allylic oxidation sites excluding steroid dienone is 1. The summed E-state index contributed by atoms with van der Waals surface area (Å²) in [5.74, 6) is 0.331. The van der Waals surface area contributed by atoms with Crippen LogP contribution >= 0.6 is 0 Å². The van der Waals surface area contributed by atoms with Gasteiger partial charge in [0, 0.05) is 11.1 Å². The molecule has 0 amide bonds. The van der Waals surface area contributed by atoms with Crippen LogP contribution in [0.1, 0.15) is 12.5 Å². The molecule has 0 saturated carbocycles. The van der Waals surface area contributed by atoms with Crippen LogP contribution in [-0.2, 0) is 0 Å². The summed E-state index contributed by atoms with van der Waals surface area (Å²) in [5, 5.41) is 25.0. The Morgan fingerprint density at radius 2 is 1.32 bits per heavy atom. The largest absolute Gasteiger partial charge is 0.507 e. The summed E-state index contributed by atoms with van der Waals surface area (Å²) in [5.41, 5.74) is 2.44. The van der Waals surface area contributed by atoms with Crippen molar-refractivity contribution in [1.29, 1.82) is 0 Å². The SMILES string of the molecule is C/C=C/c1ccc2c(-c3c(O)ccc4ccccc34)c(O)ccc2c1. The smallest absolute Gasteiger partial charge is 0.124 e. The van der Waals surface area contributed by atoms with Crippen molar-refractivity contribution in [2.75, 3.05) is 0 Å². The van der Waals surface area contributed by atoms with E-state index in [4.69, 9.17) is 0 Å². The van der Waals surface area contributed by atoms with Gasteiger partial charge in [0.05, 0.1) is 0 Å². The van der Waals surface area contributed by atoms with Crippen molar-refractivity contribution in [3.05, 3.63) is 78.4 Å². The molecule has 0 heterocycles. The molecule has 4 rings (SSSR count). The molecule has 0 aliphatic heterocycles. The van der Waals surface area contributed by atoms with E-state index in [1.807, 2.05) is 67.6 Å². The van der Waals surface area contributed by atoms with Crippen molar-refractivity contribution in [2.45, 2.75) is 6.92 Å². The van der Waals surface area contributed by atoms with Crippen LogP contribution in [0.5, 0.6) is 11.5 Å². The number of phenols is 2. The van der Waals surface area contributed by atoms with E-state index in [9.17, 15) is 10.2 Å². The minimum absolute atomic E-state index is 0.165. The zero-order chi connectivity index (χ0) is 17.4. The highest BCUT2D eigenvalue weighted by Gasteiger charge is 2.16. The Balaban J connectivity index is 2.11. The van der Waals surface area contributed by atoms with Gasteiger partial charge < -0.3 is 10.2 Å². The maximum atomic E-state index is 10.6. The van der Waals surface area contributed by atoms with Crippen molar-refractivity contribution in [3.8, 4) is 22.6 Å². The van der Waals surface area contributed by atoms with E-state index in [0.717, 1.165) is 27.1 Å².